The summed E-state index contributed by atoms with van der Waals surface area (Å²) in [6.07, 6.45) is 19.8. The van der Waals surface area contributed by atoms with Gasteiger partial charge in [-0.15, -0.1) is 0 Å². The Bertz CT molecular complexity index is 139. The molecule has 0 bridgehead atoms. The standard InChI is InChI=1S/C18H37/c1-4-7-10-12-14-17-18(15-9-6-3)16-13-11-8-5-2/h18H,1,4-17H2,2-3H3. The van der Waals surface area contributed by atoms with Crippen LogP contribution < -0.4 is 0 Å². The Hall–Kier alpha value is 0. The van der Waals surface area contributed by atoms with Crippen LogP contribution in [0.1, 0.15) is 104 Å². The number of hydrogen-bond acceptors (Lipinski definition) is 0. The molecule has 0 nitrogen and oxygen atoms in total. The summed E-state index contributed by atoms with van der Waals surface area (Å²) in [6, 6.07) is 0. The molecule has 0 fully saturated rings. The van der Waals surface area contributed by atoms with Crippen LogP contribution in [0.15, 0.2) is 0 Å². The summed E-state index contributed by atoms with van der Waals surface area (Å²) < 4.78 is 0. The van der Waals surface area contributed by atoms with E-state index < -0.39 is 0 Å². The molecule has 0 rings (SSSR count). The van der Waals surface area contributed by atoms with Crippen LogP contribution in [-0.4, -0.2) is 0 Å². The zero-order valence-corrected chi connectivity index (χ0v) is 13.2. The Kier molecular flexibility index (Phi) is 15.1. The van der Waals surface area contributed by atoms with Gasteiger partial charge in [0.05, 0.1) is 0 Å². The van der Waals surface area contributed by atoms with Crippen molar-refractivity contribution in [1.29, 1.82) is 0 Å². The zero-order chi connectivity index (χ0) is 13.5. The molecule has 109 valence electrons. The Labute approximate surface area is 117 Å². The third-order valence-electron chi connectivity index (χ3n) is 4.04. The molecule has 0 N–H and O–H groups in total. The molecule has 1 radical (unpaired) electrons. The third kappa shape index (κ3) is 12.5. The van der Waals surface area contributed by atoms with Gasteiger partial charge in [0.2, 0.25) is 0 Å². The van der Waals surface area contributed by atoms with Crippen molar-refractivity contribution in [3.63, 3.8) is 0 Å². The van der Waals surface area contributed by atoms with Crippen LogP contribution in [0.5, 0.6) is 0 Å². The van der Waals surface area contributed by atoms with Gasteiger partial charge in [0.1, 0.15) is 0 Å². The predicted molar refractivity (Wildman–Crippen MR) is 84.8 cm³/mol. The van der Waals surface area contributed by atoms with Crippen LogP contribution in [0.2, 0.25) is 0 Å². The van der Waals surface area contributed by atoms with E-state index in [2.05, 4.69) is 20.8 Å². The van der Waals surface area contributed by atoms with E-state index in [1.54, 1.807) is 0 Å². The van der Waals surface area contributed by atoms with E-state index in [9.17, 15) is 0 Å². The molecule has 0 saturated carbocycles. The fourth-order valence-electron chi connectivity index (χ4n) is 2.75. The minimum absolute atomic E-state index is 1.03. The maximum Gasteiger partial charge on any atom is -0.0414 e. The van der Waals surface area contributed by atoms with Crippen LogP contribution in [-0.2, 0) is 0 Å². The average Bonchev–Trinajstić information content (AvgIpc) is 2.39. The van der Waals surface area contributed by atoms with Gasteiger partial charge in [0.15, 0.2) is 0 Å². The quantitative estimate of drug-likeness (QED) is 0.294. The first kappa shape index (κ1) is 18.0. The molecule has 1 unspecified atom stereocenters. The van der Waals surface area contributed by atoms with Crippen LogP contribution in [0.4, 0.5) is 0 Å². The summed E-state index contributed by atoms with van der Waals surface area (Å²) in [5, 5.41) is 0. The fraction of sp³-hybridized carbons (Fsp3) is 0.944. The molecule has 0 aromatic heterocycles. The Morgan fingerprint density at radius 3 is 1.67 bits per heavy atom. The van der Waals surface area contributed by atoms with Gasteiger partial charge >= 0.3 is 0 Å². The highest BCUT2D eigenvalue weighted by Crippen LogP contribution is 2.23. The number of hydrogen-bond donors (Lipinski definition) is 0. The topological polar surface area (TPSA) is 0 Å². The molecule has 0 heteroatoms. The highest BCUT2D eigenvalue weighted by atomic mass is 14.1. The molecular formula is C18H37. The van der Waals surface area contributed by atoms with E-state index in [0.717, 1.165) is 12.3 Å². The maximum atomic E-state index is 3.92. The lowest BCUT2D eigenvalue weighted by molar-refractivity contribution is 0.372. The average molecular weight is 253 g/mol. The second kappa shape index (κ2) is 15.1. The van der Waals surface area contributed by atoms with Gasteiger partial charge in [0, 0.05) is 0 Å². The summed E-state index contributed by atoms with van der Waals surface area (Å²) in [5.74, 6) is 1.03. The lowest BCUT2D eigenvalue weighted by Gasteiger charge is -2.16. The molecule has 0 heterocycles. The van der Waals surface area contributed by atoms with Gasteiger partial charge in [-0.25, -0.2) is 0 Å². The van der Waals surface area contributed by atoms with E-state index in [4.69, 9.17) is 0 Å². The molecule has 0 aliphatic carbocycles. The molecular weight excluding hydrogens is 216 g/mol. The first-order chi connectivity index (χ1) is 8.85. The van der Waals surface area contributed by atoms with Crippen LogP contribution in [0.3, 0.4) is 0 Å². The van der Waals surface area contributed by atoms with E-state index in [1.807, 2.05) is 0 Å². The van der Waals surface area contributed by atoms with Crippen molar-refractivity contribution in [2.75, 3.05) is 0 Å². The van der Waals surface area contributed by atoms with E-state index >= 15 is 0 Å². The van der Waals surface area contributed by atoms with Crippen molar-refractivity contribution in [1.82, 2.24) is 0 Å². The SMILES string of the molecule is [CH2]CCCCCCC(CCCC)CCCCCC. The Balaban J connectivity index is 3.56. The van der Waals surface area contributed by atoms with E-state index in [-0.39, 0.29) is 0 Å². The van der Waals surface area contributed by atoms with Crippen molar-refractivity contribution in [2.45, 2.75) is 104 Å². The second-order valence-electron chi connectivity index (χ2n) is 5.91. The Morgan fingerprint density at radius 1 is 0.611 bits per heavy atom. The fourth-order valence-corrected chi connectivity index (χ4v) is 2.75. The summed E-state index contributed by atoms with van der Waals surface area (Å²) in [4.78, 5) is 0. The molecule has 1 atom stereocenters. The van der Waals surface area contributed by atoms with Gasteiger partial charge < -0.3 is 0 Å². The molecule has 0 aromatic carbocycles. The summed E-state index contributed by atoms with van der Waals surface area (Å²) in [6.45, 7) is 8.54. The van der Waals surface area contributed by atoms with Crippen molar-refractivity contribution in [3.05, 3.63) is 6.92 Å². The normalized spacial score (nSPS) is 12.8. The zero-order valence-electron chi connectivity index (χ0n) is 13.2. The minimum atomic E-state index is 1.03. The van der Waals surface area contributed by atoms with Crippen molar-refractivity contribution < 1.29 is 0 Å². The summed E-state index contributed by atoms with van der Waals surface area (Å²) in [5.41, 5.74) is 0. The van der Waals surface area contributed by atoms with Crippen LogP contribution >= 0.6 is 0 Å². The molecule has 0 aromatic rings. The molecule has 0 aliphatic rings. The second-order valence-corrected chi connectivity index (χ2v) is 5.91. The van der Waals surface area contributed by atoms with Gasteiger partial charge in [-0.05, 0) is 5.92 Å². The molecule has 18 heavy (non-hydrogen) atoms. The first-order valence-electron chi connectivity index (χ1n) is 8.64. The van der Waals surface area contributed by atoms with E-state index in [1.165, 1.54) is 83.5 Å². The molecule has 0 spiro atoms. The predicted octanol–water partition coefficient (Wildman–Crippen LogP) is 6.94. The monoisotopic (exact) mass is 253 g/mol. The summed E-state index contributed by atoms with van der Waals surface area (Å²) >= 11 is 0. The largest absolute Gasteiger partial charge is 0.0654 e. The highest BCUT2D eigenvalue weighted by Gasteiger charge is 2.07. The number of unbranched alkanes of at least 4 members (excludes halogenated alkanes) is 8. The van der Waals surface area contributed by atoms with Crippen LogP contribution in [0, 0.1) is 12.8 Å². The van der Waals surface area contributed by atoms with Gasteiger partial charge in [-0.3, -0.25) is 0 Å². The number of rotatable bonds is 14. The highest BCUT2D eigenvalue weighted by molar-refractivity contribution is 4.61. The van der Waals surface area contributed by atoms with Gasteiger partial charge in [0.25, 0.3) is 0 Å². The Morgan fingerprint density at radius 2 is 1.11 bits per heavy atom. The van der Waals surface area contributed by atoms with Crippen LogP contribution in [0.25, 0.3) is 0 Å². The molecule has 0 saturated heterocycles. The van der Waals surface area contributed by atoms with E-state index in [0.29, 0.717) is 0 Å². The van der Waals surface area contributed by atoms with Crippen molar-refractivity contribution in [3.8, 4) is 0 Å². The minimum Gasteiger partial charge on any atom is -0.0654 e. The molecule has 0 amide bonds. The first-order valence-corrected chi connectivity index (χ1v) is 8.64. The van der Waals surface area contributed by atoms with Crippen molar-refractivity contribution in [2.24, 2.45) is 5.92 Å². The lowest BCUT2D eigenvalue weighted by atomic mass is 9.90. The third-order valence-corrected chi connectivity index (χ3v) is 4.04. The van der Waals surface area contributed by atoms with Crippen molar-refractivity contribution >= 4 is 0 Å². The smallest absolute Gasteiger partial charge is 0.0414 e. The maximum absolute atomic E-state index is 3.92. The van der Waals surface area contributed by atoms with Gasteiger partial charge in [-0.1, -0.05) is 111 Å². The lowest BCUT2D eigenvalue weighted by Crippen LogP contribution is -2.01. The summed E-state index contributed by atoms with van der Waals surface area (Å²) in [7, 11) is 0. The van der Waals surface area contributed by atoms with Gasteiger partial charge in [-0.2, -0.15) is 0 Å². The molecule has 0 aliphatic heterocycles.